The number of carbonyl (C=O) groups is 2. The van der Waals surface area contributed by atoms with Crippen LogP contribution in [0.25, 0.3) is 10.2 Å². The molecule has 148 valence electrons. The highest BCUT2D eigenvalue weighted by molar-refractivity contribution is 7.18. The molecule has 0 aliphatic heterocycles. The van der Waals surface area contributed by atoms with Gasteiger partial charge in [-0.1, -0.05) is 0 Å². The van der Waals surface area contributed by atoms with Crippen LogP contribution in [0.3, 0.4) is 0 Å². The SMILES string of the molecule is Cc1sc2ncn(CCC(=O)N(C)CC(=O)NCc3ccco3)c(=O)c2c1C. The molecule has 0 aliphatic carbocycles. The van der Waals surface area contributed by atoms with E-state index in [4.69, 9.17) is 4.42 Å². The number of thiophene rings is 1. The maximum absolute atomic E-state index is 12.7. The highest BCUT2D eigenvalue weighted by Crippen LogP contribution is 2.25. The van der Waals surface area contributed by atoms with Crippen LogP contribution in [-0.4, -0.2) is 39.9 Å². The molecule has 3 aromatic rings. The lowest BCUT2D eigenvalue weighted by atomic mass is 10.2. The Labute approximate surface area is 165 Å². The topological polar surface area (TPSA) is 97.4 Å². The number of aromatic nitrogens is 2. The van der Waals surface area contributed by atoms with E-state index < -0.39 is 0 Å². The Bertz CT molecular complexity index is 1050. The monoisotopic (exact) mass is 402 g/mol. The van der Waals surface area contributed by atoms with E-state index >= 15 is 0 Å². The summed E-state index contributed by atoms with van der Waals surface area (Å²) < 4.78 is 6.59. The fourth-order valence-electron chi connectivity index (χ4n) is 2.79. The predicted molar refractivity (Wildman–Crippen MR) is 106 cm³/mol. The molecule has 1 N–H and O–H groups in total. The number of furan rings is 1. The molecule has 2 amide bonds. The van der Waals surface area contributed by atoms with Crippen molar-refractivity contribution in [2.45, 2.75) is 33.4 Å². The van der Waals surface area contributed by atoms with Gasteiger partial charge in [0.15, 0.2) is 0 Å². The summed E-state index contributed by atoms with van der Waals surface area (Å²) in [4.78, 5) is 44.4. The lowest BCUT2D eigenvalue weighted by molar-refractivity contribution is -0.135. The number of nitrogens with zero attached hydrogens (tertiary/aromatic N) is 3. The van der Waals surface area contributed by atoms with Gasteiger partial charge in [0, 0.05) is 24.9 Å². The van der Waals surface area contributed by atoms with E-state index in [0.717, 1.165) is 10.4 Å². The smallest absolute Gasteiger partial charge is 0.262 e. The number of likely N-dealkylation sites (N-methyl/N-ethyl adjacent to an activating group) is 1. The summed E-state index contributed by atoms with van der Waals surface area (Å²) >= 11 is 1.49. The third-order valence-corrected chi connectivity index (χ3v) is 5.68. The normalized spacial score (nSPS) is 11.0. The number of rotatable bonds is 7. The maximum atomic E-state index is 12.7. The molecule has 28 heavy (non-hydrogen) atoms. The van der Waals surface area contributed by atoms with Gasteiger partial charge in [0.05, 0.1) is 31.1 Å². The molecule has 0 aromatic carbocycles. The van der Waals surface area contributed by atoms with Crippen molar-refractivity contribution in [3.63, 3.8) is 0 Å². The van der Waals surface area contributed by atoms with Crippen LogP contribution in [0.2, 0.25) is 0 Å². The highest BCUT2D eigenvalue weighted by Gasteiger charge is 2.15. The van der Waals surface area contributed by atoms with E-state index in [1.54, 1.807) is 19.2 Å². The zero-order valence-corrected chi connectivity index (χ0v) is 16.8. The molecule has 9 heteroatoms. The summed E-state index contributed by atoms with van der Waals surface area (Å²) in [5, 5.41) is 3.31. The van der Waals surface area contributed by atoms with Gasteiger partial charge in [-0.3, -0.25) is 19.0 Å². The second-order valence-corrected chi connectivity index (χ2v) is 7.77. The van der Waals surface area contributed by atoms with Crippen LogP contribution >= 0.6 is 11.3 Å². The van der Waals surface area contributed by atoms with Crippen molar-refractivity contribution >= 4 is 33.4 Å². The summed E-state index contributed by atoms with van der Waals surface area (Å²) in [5.74, 6) is 0.138. The Kier molecular flexibility index (Phi) is 5.93. The fourth-order valence-corrected chi connectivity index (χ4v) is 3.78. The molecule has 0 saturated heterocycles. The van der Waals surface area contributed by atoms with Gasteiger partial charge >= 0.3 is 0 Å². The third-order valence-electron chi connectivity index (χ3n) is 4.57. The van der Waals surface area contributed by atoms with Crippen molar-refractivity contribution in [3.05, 3.63) is 51.3 Å². The molecule has 0 unspecified atom stereocenters. The Balaban J connectivity index is 1.55. The third kappa shape index (κ3) is 4.30. The largest absolute Gasteiger partial charge is 0.467 e. The van der Waals surface area contributed by atoms with E-state index in [-0.39, 0.29) is 43.4 Å². The molecule has 8 nitrogen and oxygen atoms in total. The average molecular weight is 402 g/mol. The molecular weight excluding hydrogens is 380 g/mol. The summed E-state index contributed by atoms with van der Waals surface area (Å²) in [5.41, 5.74) is 0.794. The number of carbonyl (C=O) groups excluding carboxylic acids is 2. The zero-order chi connectivity index (χ0) is 20.3. The van der Waals surface area contributed by atoms with Gasteiger partial charge in [-0.25, -0.2) is 4.98 Å². The van der Waals surface area contributed by atoms with Gasteiger partial charge < -0.3 is 14.6 Å². The zero-order valence-electron chi connectivity index (χ0n) is 16.0. The second-order valence-electron chi connectivity index (χ2n) is 6.56. The lowest BCUT2D eigenvalue weighted by Crippen LogP contribution is -2.38. The second kappa shape index (κ2) is 8.39. The minimum absolute atomic E-state index is 0.0610. The van der Waals surface area contributed by atoms with Crippen molar-refractivity contribution in [2.75, 3.05) is 13.6 Å². The molecule has 0 spiro atoms. The van der Waals surface area contributed by atoms with Crippen LogP contribution in [0.15, 0.2) is 33.9 Å². The lowest BCUT2D eigenvalue weighted by Gasteiger charge is -2.17. The van der Waals surface area contributed by atoms with Crippen LogP contribution in [0.1, 0.15) is 22.6 Å². The molecule has 0 saturated carbocycles. The van der Waals surface area contributed by atoms with Crippen LogP contribution in [0, 0.1) is 13.8 Å². The standard InChI is InChI=1S/C19H22N4O4S/c1-12-13(2)28-18-17(12)19(26)23(11-21-18)7-6-16(25)22(3)10-15(24)20-9-14-5-4-8-27-14/h4-5,8,11H,6-7,9-10H2,1-3H3,(H,20,24). The van der Waals surface area contributed by atoms with Crippen molar-refractivity contribution in [1.29, 1.82) is 0 Å². The fraction of sp³-hybridized carbons (Fsp3) is 0.368. The van der Waals surface area contributed by atoms with E-state index in [0.29, 0.717) is 16.0 Å². The van der Waals surface area contributed by atoms with Crippen molar-refractivity contribution in [1.82, 2.24) is 19.8 Å². The number of amides is 2. The van der Waals surface area contributed by atoms with E-state index in [1.165, 1.54) is 33.4 Å². The van der Waals surface area contributed by atoms with Gasteiger partial charge in [0.25, 0.3) is 5.56 Å². The first-order valence-electron chi connectivity index (χ1n) is 8.85. The summed E-state index contributed by atoms with van der Waals surface area (Å²) in [6.45, 7) is 4.29. The average Bonchev–Trinajstić information content (AvgIpc) is 3.28. The molecule has 3 rings (SSSR count). The van der Waals surface area contributed by atoms with Gasteiger partial charge in [-0.15, -0.1) is 11.3 Å². The number of hydrogen-bond acceptors (Lipinski definition) is 6. The van der Waals surface area contributed by atoms with E-state index in [2.05, 4.69) is 10.3 Å². The number of hydrogen-bond donors (Lipinski definition) is 1. The molecular formula is C19H22N4O4S. The summed E-state index contributed by atoms with van der Waals surface area (Å²) in [6, 6.07) is 3.50. The predicted octanol–water partition coefficient (Wildman–Crippen LogP) is 1.83. The molecule has 3 heterocycles. The van der Waals surface area contributed by atoms with E-state index in [9.17, 15) is 14.4 Å². The molecule has 3 aromatic heterocycles. The molecule has 0 atom stereocenters. The first-order chi connectivity index (χ1) is 13.4. The Morgan fingerprint density at radius 2 is 2.14 bits per heavy atom. The van der Waals surface area contributed by atoms with Crippen molar-refractivity contribution in [3.8, 4) is 0 Å². The van der Waals surface area contributed by atoms with Gasteiger partial charge in [0.2, 0.25) is 11.8 Å². The summed E-state index contributed by atoms with van der Waals surface area (Å²) in [7, 11) is 1.56. The quantitative estimate of drug-likeness (QED) is 0.650. The number of aryl methyl sites for hydroxylation is 3. The molecule has 0 aliphatic rings. The van der Waals surface area contributed by atoms with Gasteiger partial charge in [-0.2, -0.15) is 0 Å². The summed E-state index contributed by atoms with van der Waals surface area (Å²) in [6.07, 6.45) is 3.12. The molecule has 0 radical (unpaired) electrons. The highest BCUT2D eigenvalue weighted by atomic mass is 32.1. The number of fused-ring (bicyclic) bond motifs is 1. The Morgan fingerprint density at radius 3 is 2.86 bits per heavy atom. The number of nitrogens with one attached hydrogen (secondary N) is 1. The van der Waals surface area contributed by atoms with Crippen LogP contribution in [0.5, 0.6) is 0 Å². The first-order valence-corrected chi connectivity index (χ1v) is 9.66. The first kappa shape index (κ1) is 19.8. The Hall–Kier alpha value is -2.94. The van der Waals surface area contributed by atoms with E-state index in [1.807, 2.05) is 13.8 Å². The van der Waals surface area contributed by atoms with Crippen LogP contribution in [-0.2, 0) is 22.7 Å². The van der Waals surface area contributed by atoms with Gasteiger partial charge in [-0.05, 0) is 31.5 Å². The van der Waals surface area contributed by atoms with Crippen LogP contribution < -0.4 is 10.9 Å². The minimum atomic E-state index is -0.281. The van der Waals surface area contributed by atoms with Crippen LogP contribution in [0.4, 0.5) is 0 Å². The minimum Gasteiger partial charge on any atom is -0.467 e. The maximum Gasteiger partial charge on any atom is 0.262 e. The van der Waals surface area contributed by atoms with Crippen molar-refractivity contribution < 1.29 is 14.0 Å². The Morgan fingerprint density at radius 1 is 1.36 bits per heavy atom. The van der Waals surface area contributed by atoms with Crippen molar-refractivity contribution in [2.24, 2.45) is 0 Å². The molecule has 0 fully saturated rings. The molecule has 0 bridgehead atoms. The van der Waals surface area contributed by atoms with Gasteiger partial charge in [0.1, 0.15) is 10.6 Å².